The van der Waals surface area contributed by atoms with Crippen LogP contribution in [0.2, 0.25) is 0 Å². The highest BCUT2D eigenvalue weighted by Gasteiger charge is 2.80. The molecule has 5 fully saturated rings. The predicted molar refractivity (Wildman–Crippen MR) is 200 cm³/mol. The number of carbonyl (C=O) groups excluding carboxylic acids is 2. The number of carbonyl (C=O) groups is 3. The second-order valence-corrected chi connectivity index (χ2v) is 20.5. The Morgan fingerprint density at radius 1 is 0.827 bits per heavy atom. The molecule has 0 bridgehead atoms. The van der Waals surface area contributed by atoms with E-state index in [1.54, 1.807) is 0 Å². The first-order valence-electron chi connectivity index (χ1n) is 20.0. The zero-order chi connectivity index (χ0) is 38.1. The second kappa shape index (κ2) is 11.5. The molecule has 5 saturated carbocycles. The smallest absolute Gasteiger partial charge is 0.310 e. The number of ketones is 1. The van der Waals surface area contributed by atoms with Crippen molar-refractivity contribution in [1.82, 2.24) is 0 Å². The van der Waals surface area contributed by atoms with E-state index in [2.05, 4.69) is 53.5 Å². The van der Waals surface area contributed by atoms with Gasteiger partial charge in [-0.25, -0.2) is 4.79 Å². The number of isocyanates is 1. The Hall–Kier alpha value is -3.05. The van der Waals surface area contributed by atoms with Crippen molar-refractivity contribution < 1.29 is 29.4 Å². The summed E-state index contributed by atoms with van der Waals surface area (Å²) in [6.45, 7) is 20.2. The van der Waals surface area contributed by atoms with Crippen LogP contribution in [0.25, 0.3) is 0 Å². The Kier molecular flexibility index (Phi) is 8.23. The minimum Gasteiger partial charge on any atom is -0.481 e. The van der Waals surface area contributed by atoms with Gasteiger partial charge in [0.2, 0.25) is 6.08 Å². The van der Waals surface area contributed by atoms with Crippen LogP contribution in [0.15, 0.2) is 46.5 Å². The lowest BCUT2D eigenvalue weighted by molar-refractivity contribution is -0.281. The summed E-state index contributed by atoms with van der Waals surface area (Å²) in [6, 6.07) is 9.68. The zero-order valence-corrected chi connectivity index (χ0v) is 33.0. The molecule has 282 valence electrons. The third-order valence-electron chi connectivity index (χ3n) is 18.3. The lowest BCUT2D eigenvalue weighted by Gasteiger charge is -2.75. The average molecular weight is 712 g/mol. The molecule has 1 aromatic rings. The summed E-state index contributed by atoms with van der Waals surface area (Å²) < 4.78 is 0. The minimum atomic E-state index is -1.17. The van der Waals surface area contributed by atoms with Crippen molar-refractivity contribution in [3.8, 4) is 0 Å². The molecule has 0 unspecified atom stereocenters. The molecular weight excluding hydrogens is 650 g/mol. The number of fused-ring (bicyclic) bond motifs is 7. The maximum absolute atomic E-state index is 13.8. The van der Waals surface area contributed by atoms with Crippen molar-refractivity contribution in [2.24, 2.45) is 72.5 Å². The predicted octanol–water partition coefficient (Wildman–Crippen LogP) is 9.49. The van der Waals surface area contributed by atoms with Gasteiger partial charge in [-0.1, -0.05) is 92.6 Å². The van der Waals surface area contributed by atoms with Gasteiger partial charge in [0, 0.05) is 6.42 Å². The van der Waals surface area contributed by atoms with Crippen LogP contribution in [0.5, 0.6) is 0 Å². The number of carboxylic acid groups (broad SMARTS) is 2. The van der Waals surface area contributed by atoms with Gasteiger partial charge in [0.25, 0.3) is 0 Å². The number of aliphatic imine (C=N–C) groups is 1. The first-order valence-corrected chi connectivity index (χ1v) is 20.0. The van der Waals surface area contributed by atoms with Crippen LogP contribution in [0, 0.1) is 67.5 Å². The van der Waals surface area contributed by atoms with E-state index < -0.39 is 33.7 Å². The van der Waals surface area contributed by atoms with Gasteiger partial charge < -0.3 is 10.2 Å². The van der Waals surface area contributed by atoms with Crippen molar-refractivity contribution in [2.45, 2.75) is 138 Å². The lowest BCUT2D eigenvalue weighted by atomic mass is 9.27. The van der Waals surface area contributed by atoms with Crippen molar-refractivity contribution >= 4 is 23.8 Å². The van der Waals surface area contributed by atoms with Gasteiger partial charge in [0.1, 0.15) is 5.54 Å². The average Bonchev–Trinajstić information content (AvgIpc) is 3.35. The molecule has 6 aliphatic rings. The summed E-state index contributed by atoms with van der Waals surface area (Å²) >= 11 is 0. The van der Waals surface area contributed by atoms with E-state index in [1.165, 1.54) is 0 Å². The van der Waals surface area contributed by atoms with E-state index in [-0.39, 0.29) is 51.6 Å². The van der Waals surface area contributed by atoms with Gasteiger partial charge in [-0.2, -0.15) is 4.99 Å². The third kappa shape index (κ3) is 4.29. The van der Waals surface area contributed by atoms with Crippen molar-refractivity contribution in [3.05, 3.63) is 47.0 Å². The van der Waals surface area contributed by atoms with E-state index in [1.807, 2.05) is 50.3 Å². The van der Waals surface area contributed by atoms with E-state index in [4.69, 9.17) is 0 Å². The first kappa shape index (κ1) is 37.3. The fourth-order valence-electron chi connectivity index (χ4n) is 15.6. The van der Waals surface area contributed by atoms with Crippen LogP contribution in [0.3, 0.4) is 0 Å². The largest absolute Gasteiger partial charge is 0.481 e. The van der Waals surface area contributed by atoms with Crippen molar-refractivity contribution in [1.29, 1.82) is 0 Å². The normalized spacial score (nSPS) is 44.4. The van der Waals surface area contributed by atoms with Crippen molar-refractivity contribution in [2.75, 3.05) is 0 Å². The zero-order valence-electron chi connectivity index (χ0n) is 33.0. The number of carboxylic acids is 2. The number of hydrogen-bond acceptors (Lipinski definition) is 5. The summed E-state index contributed by atoms with van der Waals surface area (Å²) in [5, 5.41) is 22.1. The van der Waals surface area contributed by atoms with E-state index in [0.717, 1.165) is 61.7 Å². The van der Waals surface area contributed by atoms with Crippen LogP contribution in [-0.4, -0.2) is 39.6 Å². The molecule has 7 rings (SSSR count). The topological polar surface area (TPSA) is 121 Å². The van der Waals surface area contributed by atoms with Gasteiger partial charge in [0.15, 0.2) is 5.78 Å². The molecule has 2 N–H and O–H groups in total. The quantitative estimate of drug-likeness (QED) is 0.215. The van der Waals surface area contributed by atoms with Gasteiger partial charge >= 0.3 is 11.9 Å². The van der Waals surface area contributed by atoms with Gasteiger partial charge in [-0.15, -0.1) is 0 Å². The number of aliphatic carboxylic acids is 2. The number of rotatable bonds is 7. The highest BCUT2D eigenvalue weighted by Crippen LogP contribution is 2.81. The maximum Gasteiger partial charge on any atom is 0.310 e. The van der Waals surface area contributed by atoms with Gasteiger partial charge in [0.05, 0.1) is 10.8 Å². The summed E-state index contributed by atoms with van der Waals surface area (Å²) in [5.41, 5.74) is -1.47. The summed E-state index contributed by atoms with van der Waals surface area (Å²) in [6.07, 6.45) is 9.96. The van der Waals surface area contributed by atoms with Crippen molar-refractivity contribution in [3.63, 3.8) is 0 Å². The Balaban J connectivity index is 1.25. The summed E-state index contributed by atoms with van der Waals surface area (Å²) in [7, 11) is 0. The highest BCUT2D eigenvalue weighted by molar-refractivity contribution is 6.01. The molecular formula is C45H61NO6. The molecule has 0 amide bonds. The monoisotopic (exact) mass is 711 g/mol. The van der Waals surface area contributed by atoms with E-state index >= 15 is 0 Å². The van der Waals surface area contributed by atoms with Gasteiger partial charge in [-0.3, -0.25) is 14.4 Å². The highest BCUT2D eigenvalue weighted by atomic mass is 16.4. The Morgan fingerprint density at radius 3 is 2.06 bits per heavy atom. The molecule has 10 atom stereocenters. The number of benzene rings is 1. The first-order chi connectivity index (χ1) is 24.2. The second-order valence-electron chi connectivity index (χ2n) is 20.5. The summed E-state index contributed by atoms with van der Waals surface area (Å²) in [4.78, 5) is 57.0. The Morgan fingerprint density at radius 2 is 1.48 bits per heavy atom. The van der Waals surface area contributed by atoms with E-state index in [9.17, 15) is 29.4 Å². The molecule has 0 aliphatic heterocycles. The maximum atomic E-state index is 13.8. The van der Waals surface area contributed by atoms with Crippen LogP contribution in [0.1, 0.15) is 132 Å². The molecule has 52 heavy (non-hydrogen) atoms. The summed E-state index contributed by atoms with van der Waals surface area (Å²) in [5.74, 6) is -0.774. The molecule has 7 nitrogen and oxygen atoms in total. The lowest BCUT2D eigenvalue weighted by Crippen LogP contribution is -2.75. The number of allylic oxidation sites excluding steroid dienone is 1. The van der Waals surface area contributed by atoms with Gasteiger partial charge in [-0.05, 0) is 138 Å². The molecule has 0 heterocycles. The fourth-order valence-corrected chi connectivity index (χ4v) is 15.6. The number of hydrogen-bond donors (Lipinski definition) is 2. The molecule has 0 radical (unpaired) electrons. The Bertz CT molecular complexity index is 1790. The molecule has 0 saturated heterocycles. The van der Waals surface area contributed by atoms with Crippen LogP contribution in [-0.2, 0) is 25.6 Å². The minimum absolute atomic E-state index is 0.00374. The molecule has 0 spiro atoms. The SMILES string of the molecule is CC(C)C1=C2[C@H]3CC[C@@H]4[C@]5(C)CC[C@H]([C@@]6(C(=O)O)C[C@@](Cc7ccccc7)(C(=O)O)C6(C)C)C(C)(C)[C@H]5CC[C@@]4(C)[C@]3(C)CC[C@@]2(N=C=O)CC1=O. The molecule has 6 aliphatic carbocycles. The Labute approximate surface area is 310 Å². The van der Waals surface area contributed by atoms with E-state index in [0.29, 0.717) is 31.1 Å². The number of nitrogens with zero attached hydrogens (tertiary/aromatic N) is 1. The van der Waals surface area contributed by atoms with Crippen LogP contribution < -0.4 is 0 Å². The third-order valence-corrected chi connectivity index (χ3v) is 18.3. The molecule has 7 heteroatoms. The molecule has 0 aromatic heterocycles. The standard InChI is InChI=1S/C45H61NO6/c1-27(2)34-30(48)24-44(46-26-47)22-21-41(8)29(35(34)44)15-16-33-40(7)19-17-32(38(3,4)31(40)18-20-42(33,41)9)45(37(51)52)25-43(36(49)50,39(45,5)6)23-28-13-11-10-12-14-28/h10-14,27,29,31-33H,15-25H2,1-9H3,(H,49,50)(H,51,52)/t29-,31-,32+,33-,40-,41-,42-,43+,44-,45-/m1/s1. The molecule has 1 aromatic carbocycles. The number of Topliss-reactive ketones (excluding diaryl/α,β-unsaturated/α-hetero) is 1. The van der Waals surface area contributed by atoms with Crippen LogP contribution >= 0.6 is 0 Å². The fraction of sp³-hybridized carbons (Fsp3) is 0.733. The van der Waals surface area contributed by atoms with Crippen LogP contribution in [0.4, 0.5) is 0 Å².